The third kappa shape index (κ3) is 6.06. The average molecular weight is 366 g/mol. The zero-order valence-electron chi connectivity index (χ0n) is 12.5. The van der Waals surface area contributed by atoms with Gasteiger partial charge >= 0.3 is 0 Å². The van der Waals surface area contributed by atoms with Crippen LogP contribution in [0, 0.1) is 5.82 Å². The van der Waals surface area contributed by atoms with Crippen LogP contribution in [-0.2, 0) is 14.8 Å². The Kier molecular flexibility index (Phi) is 7.90. The Morgan fingerprint density at radius 2 is 1.91 bits per heavy atom. The Balaban J connectivity index is 0.00000264. The molecular formula is C14H21ClFN3O3S. The summed E-state index contributed by atoms with van der Waals surface area (Å²) in [6.07, 6.45) is 1.76. The molecule has 0 bridgehead atoms. The van der Waals surface area contributed by atoms with Crippen LogP contribution in [0.15, 0.2) is 29.2 Å². The fraction of sp³-hybridized carbons (Fsp3) is 0.500. The van der Waals surface area contributed by atoms with Gasteiger partial charge in [0, 0.05) is 19.0 Å². The number of hydrogen-bond acceptors (Lipinski definition) is 4. The second-order valence-corrected chi connectivity index (χ2v) is 6.91. The van der Waals surface area contributed by atoms with Crippen molar-refractivity contribution in [3.8, 4) is 0 Å². The van der Waals surface area contributed by atoms with Crippen LogP contribution in [0.5, 0.6) is 0 Å². The number of halogens is 2. The van der Waals surface area contributed by atoms with Crippen LogP contribution in [0.25, 0.3) is 0 Å². The van der Waals surface area contributed by atoms with Gasteiger partial charge in [0.25, 0.3) is 0 Å². The van der Waals surface area contributed by atoms with E-state index in [-0.39, 0.29) is 37.3 Å². The van der Waals surface area contributed by atoms with Gasteiger partial charge in [0.1, 0.15) is 10.7 Å². The lowest BCUT2D eigenvalue weighted by molar-refractivity contribution is -0.121. The average Bonchev–Trinajstić information content (AvgIpc) is 2.48. The summed E-state index contributed by atoms with van der Waals surface area (Å²) < 4.78 is 39.6. The molecule has 1 aliphatic rings. The molecule has 0 aromatic heterocycles. The Bertz CT molecular complexity index is 621. The predicted octanol–water partition coefficient (Wildman–Crippen LogP) is 0.784. The molecule has 1 aromatic carbocycles. The Labute approximate surface area is 141 Å². The summed E-state index contributed by atoms with van der Waals surface area (Å²) in [5, 5.41) is 6.06. The lowest BCUT2D eigenvalue weighted by Gasteiger charge is -2.23. The van der Waals surface area contributed by atoms with Gasteiger partial charge in [-0.2, -0.15) is 0 Å². The summed E-state index contributed by atoms with van der Waals surface area (Å²) in [6, 6.07) is 5.27. The first kappa shape index (κ1) is 19.8. The van der Waals surface area contributed by atoms with Crippen molar-refractivity contribution in [2.24, 2.45) is 0 Å². The van der Waals surface area contributed by atoms with Crippen LogP contribution >= 0.6 is 12.4 Å². The van der Waals surface area contributed by atoms with E-state index in [2.05, 4.69) is 15.4 Å². The predicted molar refractivity (Wildman–Crippen MR) is 87.5 cm³/mol. The van der Waals surface area contributed by atoms with Crippen molar-refractivity contribution in [1.82, 2.24) is 15.4 Å². The third-order valence-corrected chi connectivity index (χ3v) is 4.97. The van der Waals surface area contributed by atoms with Gasteiger partial charge in [-0.1, -0.05) is 12.1 Å². The van der Waals surface area contributed by atoms with E-state index in [1.54, 1.807) is 0 Å². The maximum absolute atomic E-state index is 13.5. The standard InChI is InChI=1S/C14H20FN3O3S.ClH/c15-12-3-1-2-4-13(12)22(20,21)17-10-7-14(19)18-11-5-8-16-9-6-11;/h1-4,11,16-17H,5-10H2,(H,18,19);1H. The van der Waals surface area contributed by atoms with E-state index in [0.717, 1.165) is 32.0 Å². The molecule has 0 radical (unpaired) electrons. The molecule has 0 saturated carbocycles. The maximum Gasteiger partial charge on any atom is 0.243 e. The zero-order chi connectivity index (χ0) is 16.0. The molecule has 1 aliphatic heterocycles. The first-order valence-corrected chi connectivity index (χ1v) is 8.71. The molecule has 130 valence electrons. The molecule has 1 heterocycles. The molecule has 3 N–H and O–H groups in total. The fourth-order valence-corrected chi connectivity index (χ4v) is 3.41. The number of sulfonamides is 1. The quantitative estimate of drug-likeness (QED) is 0.695. The van der Waals surface area contributed by atoms with Gasteiger partial charge in [-0.15, -0.1) is 12.4 Å². The number of carbonyl (C=O) groups is 1. The molecule has 1 saturated heterocycles. The number of rotatable bonds is 6. The number of piperidine rings is 1. The highest BCUT2D eigenvalue weighted by Crippen LogP contribution is 2.12. The molecule has 1 fully saturated rings. The largest absolute Gasteiger partial charge is 0.353 e. The van der Waals surface area contributed by atoms with Crippen LogP contribution in [0.1, 0.15) is 19.3 Å². The van der Waals surface area contributed by atoms with Crippen molar-refractivity contribution in [3.05, 3.63) is 30.1 Å². The van der Waals surface area contributed by atoms with E-state index >= 15 is 0 Å². The summed E-state index contributed by atoms with van der Waals surface area (Å²) in [6.45, 7) is 1.67. The van der Waals surface area contributed by atoms with E-state index in [1.807, 2.05) is 0 Å². The van der Waals surface area contributed by atoms with E-state index in [0.29, 0.717) is 0 Å². The van der Waals surface area contributed by atoms with Crippen LogP contribution in [0.2, 0.25) is 0 Å². The molecule has 1 amide bonds. The van der Waals surface area contributed by atoms with Crippen molar-refractivity contribution in [3.63, 3.8) is 0 Å². The number of amides is 1. The summed E-state index contributed by atoms with van der Waals surface area (Å²) in [4.78, 5) is 11.4. The highest BCUT2D eigenvalue weighted by Gasteiger charge is 2.19. The van der Waals surface area contributed by atoms with Gasteiger partial charge in [-0.05, 0) is 38.1 Å². The van der Waals surface area contributed by atoms with E-state index < -0.39 is 20.7 Å². The molecule has 9 heteroatoms. The van der Waals surface area contributed by atoms with Crippen molar-refractivity contribution in [2.75, 3.05) is 19.6 Å². The van der Waals surface area contributed by atoms with Crippen molar-refractivity contribution >= 4 is 28.3 Å². The van der Waals surface area contributed by atoms with Crippen molar-refractivity contribution < 1.29 is 17.6 Å². The second-order valence-electron chi connectivity index (χ2n) is 5.17. The molecule has 0 spiro atoms. The molecule has 6 nitrogen and oxygen atoms in total. The fourth-order valence-electron chi connectivity index (χ4n) is 2.31. The second kappa shape index (κ2) is 9.17. The minimum atomic E-state index is -3.93. The van der Waals surface area contributed by atoms with Crippen LogP contribution < -0.4 is 15.4 Å². The summed E-state index contributed by atoms with van der Waals surface area (Å²) in [5.41, 5.74) is 0. The van der Waals surface area contributed by atoms with Crippen LogP contribution in [-0.4, -0.2) is 40.0 Å². The van der Waals surface area contributed by atoms with Gasteiger partial charge < -0.3 is 10.6 Å². The minimum absolute atomic E-state index is 0. The van der Waals surface area contributed by atoms with E-state index in [9.17, 15) is 17.6 Å². The molecule has 0 aliphatic carbocycles. The summed E-state index contributed by atoms with van der Waals surface area (Å²) in [5.74, 6) is -1.02. The van der Waals surface area contributed by atoms with Crippen LogP contribution in [0.4, 0.5) is 4.39 Å². The lowest BCUT2D eigenvalue weighted by Crippen LogP contribution is -2.43. The molecule has 0 unspecified atom stereocenters. The zero-order valence-corrected chi connectivity index (χ0v) is 14.2. The lowest BCUT2D eigenvalue weighted by atomic mass is 10.1. The van der Waals surface area contributed by atoms with Gasteiger partial charge in [0.2, 0.25) is 15.9 Å². The highest BCUT2D eigenvalue weighted by atomic mass is 35.5. The topological polar surface area (TPSA) is 87.3 Å². The van der Waals surface area contributed by atoms with Gasteiger partial charge in [0.15, 0.2) is 0 Å². The Hall–Kier alpha value is -1.22. The number of benzene rings is 1. The number of carbonyl (C=O) groups excluding carboxylic acids is 1. The molecular weight excluding hydrogens is 345 g/mol. The number of hydrogen-bond donors (Lipinski definition) is 3. The van der Waals surface area contributed by atoms with Gasteiger partial charge in [-0.3, -0.25) is 4.79 Å². The third-order valence-electron chi connectivity index (χ3n) is 3.47. The minimum Gasteiger partial charge on any atom is -0.353 e. The van der Waals surface area contributed by atoms with Crippen molar-refractivity contribution in [1.29, 1.82) is 0 Å². The molecule has 23 heavy (non-hydrogen) atoms. The highest BCUT2D eigenvalue weighted by molar-refractivity contribution is 7.89. The molecule has 1 aromatic rings. The summed E-state index contributed by atoms with van der Waals surface area (Å²) in [7, 11) is -3.93. The van der Waals surface area contributed by atoms with Crippen molar-refractivity contribution in [2.45, 2.75) is 30.2 Å². The first-order chi connectivity index (χ1) is 10.5. The smallest absolute Gasteiger partial charge is 0.243 e. The van der Waals surface area contributed by atoms with Crippen LogP contribution in [0.3, 0.4) is 0 Å². The molecule has 2 rings (SSSR count). The van der Waals surface area contributed by atoms with Gasteiger partial charge in [-0.25, -0.2) is 17.5 Å². The Morgan fingerprint density at radius 3 is 2.57 bits per heavy atom. The Morgan fingerprint density at radius 1 is 1.26 bits per heavy atom. The van der Waals surface area contributed by atoms with E-state index in [4.69, 9.17) is 0 Å². The van der Waals surface area contributed by atoms with Gasteiger partial charge in [0.05, 0.1) is 0 Å². The maximum atomic E-state index is 13.5. The normalized spacial score (nSPS) is 15.7. The summed E-state index contributed by atoms with van der Waals surface area (Å²) >= 11 is 0. The number of nitrogens with one attached hydrogen (secondary N) is 3. The van der Waals surface area contributed by atoms with E-state index in [1.165, 1.54) is 18.2 Å². The molecule has 0 atom stereocenters. The first-order valence-electron chi connectivity index (χ1n) is 7.23. The monoisotopic (exact) mass is 365 g/mol. The SMILES string of the molecule is Cl.O=C(CCNS(=O)(=O)c1ccccc1F)NC1CCNCC1.